The molecule has 3 atom stereocenters. The van der Waals surface area contributed by atoms with Crippen LogP contribution in [0, 0.1) is 0 Å². The van der Waals surface area contributed by atoms with Gasteiger partial charge in [-0.05, 0) is 13.8 Å². The Bertz CT molecular complexity index is 1020. The molecule has 1 aliphatic rings. The molecule has 10 nitrogen and oxygen atoms in total. The highest BCUT2D eigenvalue weighted by Gasteiger charge is 2.42. The van der Waals surface area contributed by atoms with Crippen LogP contribution in [-0.2, 0) is 9.47 Å². The van der Waals surface area contributed by atoms with Crippen molar-refractivity contribution >= 4 is 34.8 Å². The van der Waals surface area contributed by atoms with E-state index in [2.05, 4.69) is 30.9 Å². The molecular weight excluding hydrogens is 405 g/mol. The number of carbonyl (C=O) groups excluding carboxylic acids is 1. The van der Waals surface area contributed by atoms with Gasteiger partial charge in [0.2, 0.25) is 0 Å². The predicted octanol–water partition coefficient (Wildman–Crippen LogP) is 2.76. The van der Waals surface area contributed by atoms with E-state index in [9.17, 15) is 9.18 Å². The van der Waals surface area contributed by atoms with Gasteiger partial charge in [0.05, 0.1) is 23.5 Å². The number of ether oxygens (including phenoxy) is 2. The minimum Gasteiger partial charge on any atom is -0.441 e. The maximum atomic E-state index is 14.8. The number of H-pyrrole nitrogens is 1. The number of halogens is 2. The number of alkyl carbamates (subject to hydrolysis) is 1. The lowest BCUT2D eigenvalue weighted by molar-refractivity contribution is 0.0615. The number of amides is 1. The average Bonchev–Trinajstić information content (AvgIpc) is 3.36. The molecule has 1 saturated heterocycles. The van der Waals surface area contributed by atoms with Gasteiger partial charge in [-0.3, -0.25) is 5.10 Å². The number of carbonyl (C=O) groups is 1. The smallest absolute Gasteiger partial charge is 0.407 e. The monoisotopic (exact) mass is 423 g/mol. The van der Waals surface area contributed by atoms with E-state index < -0.39 is 24.5 Å². The Hall–Kier alpha value is -2.92. The number of hydrogen-bond acceptors (Lipinski definition) is 7. The Morgan fingerprint density at radius 2 is 2.34 bits per heavy atom. The molecule has 4 heterocycles. The van der Waals surface area contributed by atoms with Crippen LogP contribution in [0.3, 0.4) is 0 Å². The summed E-state index contributed by atoms with van der Waals surface area (Å²) >= 11 is 6.15. The second-order valence-electron chi connectivity index (χ2n) is 6.84. The molecule has 29 heavy (non-hydrogen) atoms. The van der Waals surface area contributed by atoms with Crippen LogP contribution in [0.4, 0.5) is 20.8 Å². The maximum absolute atomic E-state index is 14.8. The normalized spacial score (nSPS) is 21.6. The number of alkyl halides is 1. The van der Waals surface area contributed by atoms with Gasteiger partial charge < -0.3 is 20.1 Å². The number of aromatic nitrogens is 5. The van der Waals surface area contributed by atoms with E-state index in [1.807, 2.05) is 0 Å². The van der Waals surface area contributed by atoms with Crippen molar-refractivity contribution < 1.29 is 18.7 Å². The quantitative estimate of drug-likeness (QED) is 0.577. The molecule has 12 heteroatoms. The van der Waals surface area contributed by atoms with Crippen molar-refractivity contribution in [2.24, 2.45) is 0 Å². The Kier molecular flexibility index (Phi) is 5.24. The van der Waals surface area contributed by atoms with Gasteiger partial charge in [0, 0.05) is 24.5 Å². The van der Waals surface area contributed by atoms with Crippen LogP contribution >= 0.6 is 11.6 Å². The van der Waals surface area contributed by atoms with Crippen LogP contribution in [0.1, 0.15) is 25.6 Å². The van der Waals surface area contributed by atoms with Gasteiger partial charge in [-0.1, -0.05) is 11.6 Å². The van der Waals surface area contributed by atoms with Crippen LogP contribution in [0.15, 0.2) is 24.7 Å². The molecule has 0 spiro atoms. The van der Waals surface area contributed by atoms with E-state index in [4.69, 9.17) is 21.1 Å². The van der Waals surface area contributed by atoms with E-state index in [-0.39, 0.29) is 12.6 Å². The first-order chi connectivity index (χ1) is 13.9. The molecule has 0 saturated carbocycles. The van der Waals surface area contributed by atoms with Crippen molar-refractivity contribution in [3.8, 4) is 0 Å². The van der Waals surface area contributed by atoms with Crippen LogP contribution in [0.25, 0.3) is 5.52 Å². The first-order valence-corrected chi connectivity index (χ1v) is 9.33. The number of nitrogens with one attached hydrogen (secondary N) is 3. The minimum atomic E-state index is -1.54. The lowest BCUT2D eigenvalue weighted by Gasteiger charge is -2.16. The summed E-state index contributed by atoms with van der Waals surface area (Å²) in [7, 11) is 0. The molecule has 0 aromatic carbocycles. The van der Waals surface area contributed by atoms with E-state index in [1.165, 1.54) is 6.20 Å². The Morgan fingerprint density at radius 1 is 1.52 bits per heavy atom. The molecule has 1 fully saturated rings. The zero-order chi connectivity index (χ0) is 20.5. The summed E-state index contributed by atoms with van der Waals surface area (Å²) in [4.78, 5) is 16.0. The average molecular weight is 424 g/mol. The summed E-state index contributed by atoms with van der Waals surface area (Å²) in [6.45, 7) is 3.52. The number of anilines is 2. The van der Waals surface area contributed by atoms with Crippen LogP contribution < -0.4 is 10.6 Å². The van der Waals surface area contributed by atoms with Gasteiger partial charge in [0.25, 0.3) is 0 Å². The van der Waals surface area contributed by atoms with Crippen LogP contribution in [0.2, 0.25) is 5.02 Å². The van der Waals surface area contributed by atoms with E-state index >= 15 is 0 Å². The van der Waals surface area contributed by atoms with E-state index in [0.29, 0.717) is 27.9 Å². The van der Waals surface area contributed by atoms with Crippen molar-refractivity contribution in [2.45, 2.75) is 38.3 Å². The van der Waals surface area contributed by atoms with Gasteiger partial charge in [-0.2, -0.15) is 10.2 Å². The zero-order valence-corrected chi connectivity index (χ0v) is 16.4. The van der Waals surface area contributed by atoms with Gasteiger partial charge in [-0.15, -0.1) is 0 Å². The van der Waals surface area contributed by atoms with Crippen molar-refractivity contribution in [3.05, 3.63) is 35.4 Å². The summed E-state index contributed by atoms with van der Waals surface area (Å²) in [5, 5.41) is 17.0. The van der Waals surface area contributed by atoms with Crippen molar-refractivity contribution in [3.63, 3.8) is 0 Å². The molecule has 4 rings (SSSR count). The Morgan fingerprint density at radius 3 is 3.14 bits per heavy atom. The molecule has 0 unspecified atom stereocenters. The molecule has 1 aliphatic heterocycles. The first kappa shape index (κ1) is 19.4. The highest BCUT2D eigenvalue weighted by Crippen LogP contribution is 2.34. The predicted molar refractivity (Wildman–Crippen MR) is 102 cm³/mol. The van der Waals surface area contributed by atoms with Gasteiger partial charge in [0.1, 0.15) is 11.6 Å². The van der Waals surface area contributed by atoms with Gasteiger partial charge in [-0.25, -0.2) is 18.7 Å². The van der Waals surface area contributed by atoms with Crippen LogP contribution in [-0.4, -0.2) is 55.8 Å². The largest absolute Gasteiger partial charge is 0.441 e. The lowest BCUT2D eigenvalue weighted by Crippen LogP contribution is -2.36. The number of hydrogen-bond donors (Lipinski definition) is 3. The topological polar surface area (TPSA) is 118 Å². The number of rotatable bonds is 5. The summed E-state index contributed by atoms with van der Waals surface area (Å²) in [5.41, 5.74) is 0.991. The number of fused-ring (bicyclic) bond motifs is 1. The van der Waals surface area contributed by atoms with Gasteiger partial charge >= 0.3 is 6.09 Å². The van der Waals surface area contributed by atoms with Crippen molar-refractivity contribution in [2.75, 3.05) is 11.9 Å². The first-order valence-electron chi connectivity index (χ1n) is 8.95. The standard InChI is InChI=1S/C17H19ClFN7O3/c1-8(2)22-17(27)29-11-7-28-15(13(11)19)10-5-12(25-24-10)23-16-14-9(18)6-21-26(14)4-3-20-16/h3-6,8,11,13,15H,7H2,1-2H3,(H,22,27)(H2,20,23,24,25)/t11-,13-,15-/m1/s1. The summed E-state index contributed by atoms with van der Waals surface area (Å²) < 4.78 is 26.9. The molecule has 3 aromatic rings. The second kappa shape index (κ2) is 7.84. The number of nitrogens with zero attached hydrogens (tertiary/aromatic N) is 4. The molecule has 3 aromatic heterocycles. The number of aromatic amines is 1. The molecule has 0 radical (unpaired) electrons. The fourth-order valence-electron chi connectivity index (χ4n) is 3.01. The Labute approximate surface area is 169 Å². The fraction of sp³-hybridized carbons (Fsp3) is 0.412. The SMILES string of the molecule is CC(C)NC(=O)O[C@@H]1CO[C@H](c2cc(Nc3nccn4ncc(Cl)c34)n[nH]2)[C@@H]1F. The third kappa shape index (κ3) is 3.96. The highest BCUT2D eigenvalue weighted by atomic mass is 35.5. The zero-order valence-electron chi connectivity index (χ0n) is 15.6. The maximum Gasteiger partial charge on any atom is 0.407 e. The third-order valence-electron chi connectivity index (χ3n) is 4.29. The molecule has 1 amide bonds. The summed E-state index contributed by atoms with van der Waals surface area (Å²) in [6, 6.07) is 1.49. The summed E-state index contributed by atoms with van der Waals surface area (Å²) in [6.07, 6.45) is 0.589. The van der Waals surface area contributed by atoms with E-state index in [0.717, 1.165) is 0 Å². The third-order valence-corrected chi connectivity index (χ3v) is 4.56. The fourth-order valence-corrected chi connectivity index (χ4v) is 3.23. The second-order valence-corrected chi connectivity index (χ2v) is 7.24. The van der Waals surface area contributed by atoms with Gasteiger partial charge in [0.15, 0.2) is 23.9 Å². The Balaban J connectivity index is 1.45. The minimum absolute atomic E-state index is 0.0502. The molecular formula is C17H19ClFN7O3. The molecule has 3 N–H and O–H groups in total. The highest BCUT2D eigenvalue weighted by molar-refractivity contribution is 6.34. The molecule has 154 valence electrons. The van der Waals surface area contributed by atoms with Crippen LogP contribution in [0.5, 0.6) is 0 Å². The van der Waals surface area contributed by atoms with Crippen molar-refractivity contribution in [1.82, 2.24) is 30.1 Å². The van der Waals surface area contributed by atoms with Crippen molar-refractivity contribution in [1.29, 1.82) is 0 Å². The molecule has 0 aliphatic carbocycles. The molecule has 0 bridgehead atoms. The lowest BCUT2D eigenvalue weighted by atomic mass is 10.1. The van der Waals surface area contributed by atoms with E-state index in [1.54, 1.807) is 36.8 Å². The summed E-state index contributed by atoms with van der Waals surface area (Å²) in [5.74, 6) is 0.847.